The van der Waals surface area contributed by atoms with Gasteiger partial charge in [0.1, 0.15) is 5.60 Å². The molecule has 1 saturated carbocycles. The lowest BCUT2D eigenvalue weighted by atomic mass is 9.81. The summed E-state index contributed by atoms with van der Waals surface area (Å²) in [5.74, 6) is -2.64. The van der Waals surface area contributed by atoms with E-state index < -0.39 is 17.8 Å². The van der Waals surface area contributed by atoms with Crippen molar-refractivity contribution >= 4 is 0 Å². The smallest absolute Gasteiger partial charge is 0.251 e. The van der Waals surface area contributed by atoms with Crippen molar-refractivity contribution in [3.8, 4) is 0 Å². The van der Waals surface area contributed by atoms with Crippen LogP contribution < -0.4 is 0 Å². The number of rotatable bonds is 1. The Hall–Kier alpha value is -1.00. The average Bonchev–Trinajstić information content (AvgIpc) is 2.65. The molecule has 3 rings (SSSR count). The van der Waals surface area contributed by atoms with E-state index in [1.54, 1.807) is 6.92 Å². The Labute approximate surface area is 105 Å². The normalized spacial score (nSPS) is 38.4. The van der Waals surface area contributed by atoms with E-state index in [0.29, 0.717) is 6.42 Å². The highest BCUT2D eigenvalue weighted by Crippen LogP contribution is 2.50. The van der Waals surface area contributed by atoms with E-state index in [9.17, 15) is 8.78 Å². The Bertz CT molecular complexity index is 435. The van der Waals surface area contributed by atoms with Crippen molar-refractivity contribution in [1.82, 2.24) is 0 Å². The van der Waals surface area contributed by atoms with Gasteiger partial charge in [-0.1, -0.05) is 30.3 Å². The summed E-state index contributed by atoms with van der Waals surface area (Å²) in [6, 6.07) is 9.47. The van der Waals surface area contributed by atoms with E-state index in [4.69, 9.17) is 9.47 Å². The first kappa shape index (κ1) is 12.1. The Morgan fingerprint density at radius 1 is 1.22 bits per heavy atom. The first-order valence-electron chi connectivity index (χ1n) is 6.25. The van der Waals surface area contributed by atoms with Gasteiger partial charge in [-0.15, -0.1) is 0 Å². The molecule has 0 radical (unpaired) electrons. The van der Waals surface area contributed by atoms with Gasteiger partial charge in [0.05, 0.1) is 6.10 Å². The van der Waals surface area contributed by atoms with E-state index >= 15 is 0 Å². The van der Waals surface area contributed by atoms with Gasteiger partial charge >= 0.3 is 0 Å². The Balaban J connectivity index is 1.82. The van der Waals surface area contributed by atoms with Crippen molar-refractivity contribution < 1.29 is 18.3 Å². The highest BCUT2D eigenvalue weighted by molar-refractivity contribution is 5.17. The van der Waals surface area contributed by atoms with Crippen molar-refractivity contribution in [3.05, 3.63) is 35.9 Å². The van der Waals surface area contributed by atoms with Crippen molar-refractivity contribution in [3.63, 3.8) is 0 Å². The molecule has 0 amide bonds. The number of fused-ring (bicyclic) bond motifs is 1. The maximum absolute atomic E-state index is 13.5. The fourth-order valence-electron chi connectivity index (χ4n) is 2.87. The number of hydrogen-bond donors (Lipinski definition) is 0. The maximum Gasteiger partial charge on any atom is 0.251 e. The first-order valence-corrected chi connectivity index (χ1v) is 6.25. The Kier molecular flexibility index (Phi) is 2.68. The van der Waals surface area contributed by atoms with Crippen LogP contribution in [0.25, 0.3) is 0 Å². The molecule has 1 aliphatic carbocycles. The van der Waals surface area contributed by atoms with Gasteiger partial charge in [-0.3, -0.25) is 0 Å². The predicted molar refractivity (Wildman–Crippen MR) is 62.3 cm³/mol. The lowest BCUT2D eigenvalue weighted by Crippen LogP contribution is -2.47. The second kappa shape index (κ2) is 4.00. The first-order chi connectivity index (χ1) is 8.49. The van der Waals surface area contributed by atoms with Gasteiger partial charge < -0.3 is 9.47 Å². The molecule has 98 valence electrons. The molecule has 1 heterocycles. The molecular weight excluding hydrogens is 238 g/mol. The van der Waals surface area contributed by atoms with Crippen LogP contribution in [0.4, 0.5) is 8.78 Å². The lowest BCUT2D eigenvalue weighted by Gasteiger charge is -2.37. The monoisotopic (exact) mass is 254 g/mol. The van der Waals surface area contributed by atoms with Gasteiger partial charge in [0.2, 0.25) is 0 Å². The average molecular weight is 254 g/mol. The largest absolute Gasteiger partial charge is 0.342 e. The van der Waals surface area contributed by atoms with Gasteiger partial charge in [0.15, 0.2) is 6.29 Å². The van der Waals surface area contributed by atoms with Crippen LogP contribution in [-0.4, -0.2) is 17.6 Å². The molecule has 2 unspecified atom stereocenters. The van der Waals surface area contributed by atoms with Crippen LogP contribution in [-0.2, 0) is 9.47 Å². The molecule has 1 saturated heterocycles. The molecule has 4 heteroatoms. The molecule has 0 bridgehead atoms. The topological polar surface area (TPSA) is 18.5 Å². The number of hydrogen-bond acceptors (Lipinski definition) is 2. The van der Waals surface area contributed by atoms with E-state index in [-0.39, 0.29) is 18.9 Å². The molecule has 0 aromatic heterocycles. The van der Waals surface area contributed by atoms with E-state index in [0.717, 1.165) is 5.56 Å². The summed E-state index contributed by atoms with van der Waals surface area (Å²) < 4.78 is 38.5. The minimum absolute atomic E-state index is 0.113. The van der Waals surface area contributed by atoms with E-state index in [1.807, 2.05) is 30.3 Å². The zero-order valence-electron chi connectivity index (χ0n) is 10.2. The molecule has 2 aliphatic rings. The van der Waals surface area contributed by atoms with Crippen LogP contribution in [0.5, 0.6) is 0 Å². The standard InChI is InChI=1S/C14H16F2O2/c1-13-9-14(15,16)8-7-11(13)17-12(18-13)10-5-3-2-4-6-10/h2-6,11-12H,7-9H2,1H3/t11-,12?,13?/m0/s1. The molecule has 2 nitrogen and oxygen atoms in total. The molecule has 0 spiro atoms. The van der Waals surface area contributed by atoms with Gasteiger partial charge in [0, 0.05) is 18.4 Å². The Morgan fingerprint density at radius 2 is 1.94 bits per heavy atom. The zero-order valence-corrected chi connectivity index (χ0v) is 10.2. The Morgan fingerprint density at radius 3 is 2.67 bits per heavy atom. The fourth-order valence-corrected chi connectivity index (χ4v) is 2.87. The SMILES string of the molecule is CC12CC(F)(F)CC[C@@H]1OC(c1ccccc1)O2. The van der Waals surface area contributed by atoms with Crippen molar-refractivity contribution in [1.29, 1.82) is 0 Å². The van der Waals surface area contributed by atoms with Crippen molar-refractivity contribution in [2.45, 2.75) is 50.1 Å². The van der Waals surface area contributed by atoms with E-state index in [2.05, 4.69) is 0 Å². The number of ether oxygens (including phenoxy) is 2. The number of benzene rings is 1. The fraction of sp³-hybridized carbons (Fsp3) is 0.571. The molecule has 0 N–H and O–H groups in total. The minimum Gasteiger partial charge on any atom is -0.342 e. The lowest BCUT2D eigenvalue weighted by molar-refractivity contribution is -0.137. The second-order valence-corrected chi connectivity index (χ2v) is 5.37. The van der Waals surface area contributed by atoms with Crippen LogP contribution >= 0.6 is 0 Å². The van der Waals surface area contributed by atoms with Gasteiger partial charge in [-0.2, -0.15) is 0 Å². The van der Waals surface area contributed by atoms with Gasteiger partial charge in [0.25, 0.3) is 5.92 Å². The highest BCUT2D eigenvalue weighted by Gasteiger charge is 2.55. The second-order valence-electron chi connectivity index (χ2n) is 5.37. The summed E-state index contributed by atoms with van der Waals surface area (Å²) in [5.41, 5.74) is 0.0128. The quantitative estimate of drug-likeness (QED) is 0.761. The molecule has 2 fully saturated rings. The highest BCUT2D eigenvalue weighted by atomic mass is 19.3. The molecule has 18 heavy (non-hydrogen) atoms. The van der Waals surface area contributed by atoms with Crippen LogP contribution in [0.2, 0.25) is 0 Å². The third-order valence-corrected chi connectivity index (χ3v) is 3.80. The predicted octanol–water partition coefficient (Wildman–Crippen LogP) is 3.68. The van der Waals surface area contributed by atoms with Crippen LogP contribution in [0.15, 0.2) is 30.3 Å². The number of halogens is 2. The molecule has 3 atom stereocenters. The van der Waals surface area contributed by atoms with Gasteiger partial charge in [-0.25, -0.2) is 8.78 Å². The van der Waals surface area contributed by atoms with Crippen molar-refractivity contribution in [2.24, 2.45) is 0 Å². The zero-order chi connectivity index (χ0) is 12.8. The van der Waals surface area contributed by atoms with Crippen LogP contribution in [0, 0.1) is 0 Å². The van der Waals surface area contributed by atoms with Gasteiger partial charge in [-0.05, 0) is 13.3 Å². The third-order valence-electron chi connectivity index (χ3n) is 3.80. The summed E-state index contributed by atoms with van der Waals surface area (Å²) >= 11 is 0. The van der Waals surface area contributed by atoms with Crippen LogP contribution in [0.3, 0.4) is 0 Å². The van der Waals surface area contributed by atoms with E-state index in [1.165, 1.54) is 0 Å². The maximum atomic E-state index is 13.5. The molecule has 1 aliphatic heterocycles. The summed E-state index contributed by atoms with van der Waals surface area (Å²) in [7, 11) is 0. The number of alkyl halides is 2. The third kappa shape index (κ3) is 2.04. The molecule has 1 aromatic rings. The van der Waals surface area contributed by atoms with Crippen molar-refractivity contribution in [2.75, 3.05) is 0 Å². The summed E-state index contributed by atoms with van der Waals surface area (Å²) in [6.07, 6.45) is -0.767. The summed E-state index contributed by atoms with van der Waals surface area (Å²) in [6.45, 7) is 1.73. The molecule has 1 aromatic carbocycles. The minimum atomic E-state index is -2.64. The van der Waals surface area contributed by atoms with Crippen LogP contribution in [0.1, 0.15) is 38.0 Å². The molecular formula is C14H16F2O2. The summed E-state index contributed by atoms with van der Waals surface area (Å²) in [4.78, 5) is 0. The summed E-state index contributed by atoms with van der Waals surface area (Å²) in [5, 5.41) is 0.